The van der Waals surface area contributed by atoms with E-state index >= 15 is 0 Å². The quantitative estimate of drug-likeness (QED) is 0.483. The highest BCUT2D eigenvalue weighted by Gasteiger charge is 2.14. The highest BCUT2D eigenvalue weighted by Crippen LogP contribution is 2.33. The summed E-state index contributed by atoms with van der Waals surface area (Å²) >= 11 is 0. The molecule has 3 heteroatoms. The minimum atomic E-state index is 0.970. The Kier molecular flexibility index (Phi) is 3.37. The maximum atomic E-state index is 4.62. The maximum absolute atomic E-state index is 4.62. The van der Waals surface area contributed by atoms with Crippen LogP contribution in [0.15, 0.2) is 67.0 Å². The molecule has 0 N–H and O–H groups in total. The third-order valence-electron chi connectivity index (χ3n) is 5.11. The monoisotopic (exact) mass is 325 g/mol. The minimum Gasteiger partial charge on any atom is -0.372 e. The SMILES string of the molecule is c1cc(-c2ccnc3c2ccc2cccnc23)cc(N2CCCC2)c1. The van der Waals surface area contributed by atoms with Crippen molar-refractivity contribution in [1.29, 1.82) is 0 Å². The van der Waals surface area contributed by atoms with E-state index < -0.39 is 0 Å². The zero-order valence-electron chi connectivity index (χ0n) is 14.0. The molecular weight excluding hydrogens is 306 g/mol. The number of anilines is 1. The topological polar surface area (TPSA) is 29.0 Å². The second-order valence-corrected chi connectivity index (χ2v) is 6.64. The van der Waals surface area contributed by atoms with Crippen LogP contribution in [0.1, 0.15) is 12.8 Å². The molecule has 0 atom stereocenters. The zero-order valence-corrected chi connectivity index (χ0v) is 14.0. The third-order valence-corrected chi connectivity index (χ3v) is 5.11. The molecule has 0 unspecified atom stereocenters. The number of fused-ring (bicyclic) bond motifs is 3. The fourth-order valence-electron chi connectivity index (χ4n) is 3.85. The molecule has 2 aromatic heterocycles. The van der Waals surface area contributed by atoms with Gasteiger partial charge >= 0.3 is 0 Å². The van der Waals surface area contributed by atoms with Gasteiger partial charge in [0.2, 0.25) is 0 Å². The molecular formula is C22H19N3. The Morgan fingerprint density at radius 3 is 2.56 bits per heavy atom. The average molecular weight is 325 g/mol. The molecule has 1 aliphatic rings. The van der Waals surface area contributed by atoms with Gasteiger partial charge in [0.05, 0.1) is 11.0 Å². The summed E-state index contributed by atoms with van der Waals surface area (Å²) in [6.45, 7) is 2.32. The summed E-state index contributed by atoms with van der Waals surface area (Å²) in [5, 5.41) is 2.29. The zero-order chi connectivity index (χ0) is 16.6. The molecule has 0 radical (unpaired) electrons. The molecule has 122 valence electrons. The first-order valence-corrected chi connectivity index (χ1v) is 8.88. The van der Waals surface area contributed by atoms with Gasteiger partial charge in [-0.25, -0.2) is 0 Å². The van der Waals surface area contributed by atoms with Gasteiger partial charge in [0.25, 0.3) is 0 Å². The van der Waals surface area contributed by atoms with E-state index in [1.165, 1.54) is 29.7 Å². The second-order valence-electron chi connectivity index (χ2n) is 6.64. The lowest BCUT2D eigenvalue weighted by molar-refractivity contribution is 0.949. The molecule has 5 rings (SSSR count). The second kappa shape index (κ2) is 5.85. The molecule has 4 aromatic rings. The first kappa shape index (κ1) is 14.4. The van der Waals surface area contributed by atoms with Gasteiger partial charge in [-0.15, -0.1) is 0 Å². The average Bonchev–Trinajstić information content (AvgIpc) is 3.22. The van der Waals surface area contributed by atoms with E-state index in [9.17, 15) is 0 Å². The van der Waals surface area contributed by atoms with E-state index in [1.807, 2.05) is 18.5 Å². The highest BCUT2D eigenvalue weighted by molar-refractivity contribution is 6.08. The molecule has 0 spiro atoms. The van der Waals surface area contributed by atoms with Crippen molar-refractivity contribution in [2.45, 2.75) is 12.8 Å². The molecule has 0 aliphatic carbocycles. The fraction of sp³-hybridized carbons (Fsp3) is 0.182. The summed E-state index contributed by atoms with van der Waals surface area (Å²) in [6.07, 6.45) is 6.32. The molecule has 3 nitrogen and oxygen atoms in total. The Morgan fingerprint density at radius 1 is 0.760 bits per heavy atom. The molecule has 0 amide bonds. The molecule has 2 aromatic carbocycles. The van der Waals surface area contributed by atoms with E-state index in [4.69, 9.17) is 0 Å². The molecule has 0 bridgehead atoms. The molecule has 1 saturated heterocycles. The lowest BCUT2D eigenvalue weighted by Crippen LogP contribution is -2.17. The highest BCUT2D eigenvalue weighted by atomic mass is 15.1. The van der Waals surface area contributed by atoms with E-state index in [2.05, 4.69) is 63.4 Å². The van der Waals surface area contributed by atoms with Crippen molar-refractivity contribution in [3.8, 4) is 11.1 Å². The van der Waals surface area contributed by atoms with Crippen molar-refractivity contribution >= 4 is 27.5 Å². The van der Waals surface area contributed by atoms with Crippen LogP contribution >= 0.6 is 0 Å². The van der Waals surface area contributed by atoms with Crippen molar-refractivity contribution in [3.05, 3.63) is 67.0 Å². The molecule has 3 heterocycles. The van der Waals surface area contributed by atoms with Gasteiger partial charge in [-0.3, -0.25) is 9.97 Å². The van der Waals surface area contributed by atoms with Crippen LogP contribution in [0, 0.1) is 0 Å². The standard InChI is InChI=1S/C22H19N3/c1-2-14-25(13-1)18-7-3-5-17(15-18)19-10-12-24-22-20(19)9-8-16-6-4-11-23-21(16)22/h3-12,15H,1-2,13-14H2. The van der Waals surface area contributed by atoms with Crippen LogP contribution in [0.25, 0.3) is 32.9 Å². The Labute approximate surface area is 147 Å². The van der Waals surface area contributed by atoms with Gasteiger partial charge in [-0.2, -0.15) is 0 Å². The maximum Gasteiger partial charge on any atom is 0.0970 e. The van der Waals surface area contributed by atoms with E-state index in [1.54, 1.807) is 0 Å². The van der Waals surface area contributed by atoms with Gasteiger partial charge in [0.15, 0.2) is 0 Å². The fourth-order valence-corrected chi connectivity index (χ4v) is 3.85. The van der Waals surface area contributed by atoms with E-state index in [0.29, 0.717) is 0 Å². The van der Waals surface area contributed by atoms with Gasteiger partial charge in [-0.05, 0) is 48.2 Å². The number of aromatic nitrogens is 2. The molecule has 25 heavy (non-hydrogen) atoms. The van der Waals surface area contributed by atoms with Gasteiger partial charge in [0, 0.05) is 41.9 Å². The number of rotatable bonds is 2. The van der Waals surface area contributed by atoms with Gasteiger partial charge in [0.1, 0.15) is 0 Å². The summed E-state index contributed by atoms with van der Waals surface area (Å²) in [5.74, 6) is 0. The predicted molar refractivity (Wildman–Crippen MR) is 104 cm³/mol. The lowest BCUT2D eigenvalue weighted by Gasteiger charge is -2.18. The van der Waals surface area contributed by atoms with Crippen LogP contribution in [0.3, 0.4) is 0 Å². The minimum absolute atomic E-state index is 0.970. The summed E-state index contributed by atoms with van der Waals surface area (Å²) in [6, 6.07) is 19.4. The Bertz CT molecular complexity index is 1060. The van der Waals surface area contributed by atoms with Crippen LogP contribution in [-0.2, 0) is 0 Å². The van der Waals surface area contributed by atoms with Crippen LogP contribution in [-0.4, -0.2) is 23.1 Å². The lowest BCUT2D eigenvalue weighted by atomic mass is 9.99. The van der Waals surface area contributed by atoms with Crippen molar-refractivity contribution in [2.24, 2.45) is 0 Å². The van der Waals surface area contributed by atoms with Gasteiger partial charge in [-0.1, -0.05) is 30.3 Å². The summed E-state index contributed by atoms with van der Waals surface area (Å²) in [5.41, 5.74) is 5.73. The van der Waals surface area contributed by atoms with Gasteiger partial charge < -0.3 is 4.90 Å². The first-order chi connectivity index (χ1) is 12.4. The summed E-state index contributed by atoms with van der Waals surface area (Å²) in [4.78, 5) is 11.7. The Hall–Kier alpha value is -2.94. The van der Waals surface area contributed by atoms with Crippen LogP contribution in [0.2, 0.25) is 0 Å². The van der Waals surface area contributed by atoms with Crippen LogP contribution < -0.4 is 4.90 Å². The van der Waals surface area contributed by atoms with Crippen LogP contribution in [0.4, 0.5) is 5.69 Å². The number of benzene rings is 2. The summed E-state index contributed by atoms with van der Waals surface area (Å²) in [7, 11) is 0. The first-order valence-electron chi connectivity index (χ1n) is 8.88. The Balaban J connectivity index is 1.70. The van der Waals surface area contributed by atoms with E-state index in [0.717, 1.165) is 34.9 Å². The Morgan fingerprint density at radius 2 is 1.64 bits per heavy atom. The molecule has 0 saturated carbocycles. The number of hydrogen-bond acceptors (Lipinski definition) is 3. The number of hydrogen-bond donors (Lipinski definition) is 0. The normalized spacial score (nSPS) is 14.5. The van der Waals surface area contributed by atoms with Crippen molar-refractivity contribution in [2.75, 3.05) is 18.0 Å². The van der Waals surface area contributed by atoms with E-state index in [-0.39, 0.29) is 0 Å². The smallest absolute Gasteiger partial charge is 0.0970 e. The van der Waals surface area contributed by atoms with Crippen molar-refractivity contribution in [3.63, 3.8) is 0 Å². The molecule has 1 aliphatic heterocycles. The van der Waals surface area contributed by atoms with Crippen molar-refractivity contribution < 1.29 is 0 Å². The van der Waals surface area contributed by atoms with Crippen molar-refractivity contribution in [1.82, 2.24) is 9.97 Å². The largest absolute Gasteiger partial charge is 0.372 e. The number of pyridine rings is 2. The van der Waals surface area contributed by atoms with Crippen LogP contribution in [0.5, 0.6) is 0 Å². The molecule has 1 fully saturated rings. The summed E-state index contributed by atoms with van der Waals surface area (Å²) < 4.78 is 0. The predicted octanol–water partition coefficient (Wildman–Crippen LogP) is 5.05. The third kappa shape index (κ3) is 2.43. The number of nitrogens with zero attached hydrogens (tertiary/aromatic N) is 3.